The van der Waals surface area contributed by atoms with Crippen LogP contribution in [-0.4, -0.2) is 28.2 Å². The van der Waals surface area contributed by atoms with Crippen LogP contribution in [0.3, 0.4) is 0 Å². The maximum atomic E-state index is 13.0. The molecule has 1 saturated heterocycles. The van der Waals surface area contributed by atoms with Crippen molar-refractivity contribution < 1.29 is 9.59 Å². The van der Waals surface area contributed by atoms with Gasteiger partial charge in [-0.15, -0.1) is 0 Å². The second kappa shape index (κ2) is 9.94. The van der Waals surface area contributed by atoms with Gasteiger partial charge in [0.15, 0.2) is 0 Å². The molecule has 7 heteroatoms. The molecule has 3 N–H and O–H groups in total. The summed E-state index contributed by atoms with van der Waals surface area (Å²) in [7, 11) is 0. The van der Waals surface area contributed by atoms with Crippen LogP contribution in [0.5, 0.6) is 0 Å². The highest BCUT2D eigenvalue weighted by molar-refractivity contribution is 6.30. The number of benzene rings is 2. The molecular weight excluding hydrogens is 424 g/mol. The van der Waals surface area contributed by atoms with Crippen molar-refractivity contribution >= 4 is 29.1 Å². The van der Waals surface area contributed by atoms with Gasteiger partial charge in [-0.1, -0.05) is 35.9 Å². The minimum absolute atomic E-state index is 0.0273. The van der Waals surface area contributed by atoms with Crippen LogP contribution in [0.4, 0.5) is 5.69 Å². The summed E-state index contributed by atoms with van der Waals surface area (Å²) in [6, 6.07) is 17.8. The second-order valence-electron chi connectivity index (χ2n) is 7.92. The van der Waals surface area contributed by atoms with Crippen LogP contribution < -0.4 is 11.1 Å². The van der Waals surface area contributed by atoms with Crippen LogP contribution in [0.2, 0.25) is 5.02 Å². The number of pyridine rings is 1. The average molecular weight is 449 g/mol. The number of aromatic nitrogens is 1. The van der Waals surface area contributed by atoms with Crippen molar-refractivity contribution in [2.75, 3.05) is 11.9 Å². The van der Waals surface area contributed by atoms with Gasteiger partial charge in [0.05, 0.1) is 6.04 Å². The quantitative estimate of drug-likeness (QED) is 0.570. The Morgan fingerprint density at radius 1 is 1.12 bits per heavy atom. The lowest BCUT2D eigenvalue weighted by molar-refractivity contribution is -0.132. The SMILES string of the molecule is NC(CC(=O)N1CCCC1c1cccc(Cl)c1)c1ccc(C(=O)Nc2ccncc2)cc1. The summed E-state index contributed by atoms with van der Waals surface area (Å²) in [6.45, 7) is 0.719. The highest BCUT2D eigenvalue weighted by Gasteiger charge is 2.30. The van der Waals surface area contributed by atoms with Gasteiger partial charge >= 0.3 is 0 Å². The lowest BCUT2D eigenvalue weighted by Crippen LogP contribution is -2.33. The van der Waals surface area contributed by atoms with Crippen LogP contribution in [-0.2, 0) is 4.79 Å². The number of likely N-dealkylation sites (tertiary alicyclic amines) is 1. The smallest absolute Gasteiger partial charge is 0.255 e. The van der Waals surface area contributed by atoms with Crippen LogP contribution >= 0.6 is 11.6 Å². The highest BCUT2D eigenvalue weighted by atomic mass is 35.5. The maximum Gasteiger partial charge on any atom is 0.255 e. The molecule has 0 bridgehead atoms. The maximum absolute atomic E-state index is 13.0. The molecule has 1 aliphatic heterocycles. The molecule has 2 aromatic carbocycles. The van der Waals surface area contributed by atoms with Gasteiger partial charge in [0.2, 0.25) is 5.91 Å². The number of halogens is 1. The first-order valence-corrected chi connectivity index (χ1v) is 11.0. The first-order chi connectivity index (χ1) is 15.5. The summed E-state index contributed by atoms with van der Waals surface area (Å²) in [4.78, 5) is 31.3. The molecule has 32 heavy (non-hydrogen) atoms. The molecule has 1 aromatic heterocycles. The Hall–Kier alpha value is -3.22. The van der Waals surface area contributed by atoms with Crippen LogP contribution in [0, 0.1) is 0 Å². The Morgan fingerprint density at radius 2 is 1.88 bits per heavy atom. The van der Waals surface area contributed by atoms with Crippen molar-refractivity contribution in [2.24, 2.45) is 5.73 Å². The number of anilines is 1. The predicted molar refractivity (Wildman–Crippen MR) is 125 cm³/mol. The van der Waals surface area contributed by atoms with E-state index in [9.17, 15) is 9.59 Å². The number of nitrogens with two attached hydrogens (primary N) is 1. The van der Waals surface area contributed by atoms with E-state index in [0.717, 1.165) is 30.5 Å². The number of carbonyl (C=O) groups excluding carboxylic acids is 2. The number of hydrogen-bond donors (Lipinski definition) is 2. The van der Waals surface area contributed by atoms with Gasteiger partial charge in [0.25, 0.3) is 5.91 Å². The van der Waals surface area contributed by atoms with E-state index in [2.05, 4.69) is 10.3 Å². The Labute approximate surface area is 192 Å². The zero-order valence-electron chi connectivity index (χ0n) is 17.6. The minimum Gasteiger partial charge on any atom is -0.336 e. The molecule has 0 saturated carbocycles. The lowest BCUT2D eigenvalue weighted by Gasteiger charge is -2.26. The van der Waals surface area contributed by atoms with E-state index in [1.165, 1.54) is 0 Å². The number of amides is 2. The van der Waals surface area contributed by atoms with Gasteiger partial charge in [0.1, 0.15) is 0 Å². The number of nitrogens with one attached hydrogen (secondary N) is 1. The molecular formula is C25H25ClN4O2. The van der Waals surface area contributed by atoms with Crippen molar-refractivity contribution in [3.63, 3.8) is 0 Å². The van der Waals surface area contributed by atoms with E-state index in [-0.39, 0.29) is 24.3 Å². The van der Waals surface area contributed by atoms with Gasteiger partial charge in [-0.2, -0.15) is 0 Å². The largest absolute Gasteiger partial charge is 0.336 e. The normalized spacial score (nSPS) is 16.6. The Morgan fingerprint density at radius 3 is 2.59 bits per heavy atom. The standard InChI is InChI=1S/C25H25ClN4O2/c26-20-4-1-3-19(15-20)23-5-2-14-30(23)24(31)16-22(27)17-6-8-18(9-7-17)25(32)29-21-10-12-28-13-11-21/h1,3-4,6-13,15,22-23H,2,5,14,16,27H2,(H,28,29,32). The zero-order chi connectivity index (χ0) is 22.5. The summed E-state index contributed by atoms with van der Waals surface area (Å²) in [5, 5.41) is 3.49. The van der Waals surface area contributed by atoms with E-state index in [0.29, 0.717) is 16.3 Å². The molecule has 4 rings (SSSR count). The summed E-state index contributed by atoms with van der Waals surface area (Å²) in [5.41, 5.74) is 9.41. The molecule has 6 nitrogen and oxygen atoms in total. The van der Waals surface area contributed by atoms with E-state index in [1.807, 2.05) is 29.2 Å². The van der Waals surface area contributed by atoms with E-state index in [1.54, 1.807) is 48.8 Å². The Kier molecular flexibility index (Phi) is 6.83. The first kappa shape index (κ1) is 22.0. The highest BCUT2D eigenvalue weighted by Crippen LogP contribution is 2.34. The van der Waals surface area contributed by atoms with Crippen molar-refractivity contribution in [1.82, 2.24) is 9.88 Å². The second-order valence-corrected chi connectivity index (χ2v) is 8.36. The van der Waals surface area contributed by atoms with Crippen molar-refractivity contribution in [3.05, 3.63) is 94.8 Å². The third kappa shape index (κ3) is 5.15. The molecule has 0 aliphatic carbocycles. The van der Waals surface area contributed by atoms with Gasteiger partial charge in [-0.3, -0.25) is 14.6 Å². The Bertz CT molecular complexity index is 1090. The van der Waals surface area contributed by atoms with E-state index < -0.39 is 6.04 Å². The van der Waals surface area contributed by atoms with Gasteiger partial charge in [-0.05, 0) is 60.4 Å². The van der Waals surface area contributed by atoms with Crippen LogP contribution in [0.1, 0.15) is 52.8 Å². The minimum atomic E-state index is -0.444. The predicted octanol–water partition coefficient (Wildman–Crippen LogP) is 4.74. The molecule has 0 spiro atoms. The van der Waals surface area contributed by atoms with Gasteiger partial charge < -0.3 is 16.0 Å². The monoisotopic (exact) mass is 448 g/mol. The zero-order valence-corrected chi connectivity index (χ0v) is 18.3. The molecule has 164 valence electrons. The lowest BCUT2D eigenvalue weighted by atomic mass is 10.0. The molecule has 2 heterocycles. The first-order valence-electron chi connectivity index (χ1n) is 10.6. The van der Waals surface area contributed by atoms with E-state index >= 15 is 0 Å². The number of rotatable bonds is 6. The van der Waals surface area contributed by atoms with Gasteiger partial charge in [-0.25, -0.2) is 0 Å². The summed E-state index contributed by atoms with van der Waals surface area (Å²) >= 11 is 6.14. The fourth-order valence-corrected chi connectivity index (χ4v) is 4.27. The van der Waals surface area contributed by atoms with Crippen molar-refractivity contribution in [1.29, 1.82) is 0 Å². The molecule has 1 fully saturated rings. The third-order valence-electron chi connectivity index (χ3n) is 5.74. The Balaban J connectivity index is 1.38. The van der Waals surface area contributed by atoms with Crippen molar-refractivity contribution in [2.45, 2.75) is 31.3 Å². The van der Waals surface area contributed by atoms with Crippen LogP contribution in [0.25, 0.3) is 0 Å². The summed E-state index contributed by atoms with van der Waals surface area (Å²) in [5.74, 6) is -0.187. The fraction of sp³-hybridized carbons (Fsp3) is 0.240. The van der Waals surface area contributed by atoms with Crippen molar-refractivity contribution in [3.8, 4) is 0 Å². The molecule has 3 aromatic rings. The van der Waals surface area contributed by atoms with Gasteiger partial charge in [0, 0.05) is 47.7 Å². The topological polar surface area (TPSA) is 88.3 Å². The number of carbonyl (C=O) groups is 2. The van der Waals surface area contributed by atoms with Crippen LogP contribution in [0.15, 0.2) is 73.1 Å². The molecule has 1 aliphatic rings. The number of nitrogens with zero attached hydrogens (tertiary/aromatic N) is 2. The summed E-state index contributed by atoms with van der Waals surface area (Å²) in [6.07, 6.45) is 5.32. The fourth-order valence-electron chi connectivity index (χ4n) is 4.07. The third-order valence-corrected chi connectivity index (χ3v) is 5.98. The number of hydrogen-bond acceptors (Lipinski definition) is 4. The average Bonchev–Trinajstić information content (AvgIpc) is 3.30. The summed E-state index contributed by atoms with van der Waals surface area (Å²) < 4.78 is 0. The molecule has 2 amide bonds. The van der Waals surface area contributed by atoms with E-state index in [4.69, 9.17) is 17.3 Å². The molecule has 0 radical (unpaired) electrons. The molecule has 2 unspecified atom stereocenters. The molecule has 2 atom stereocenters.